The summed E-state index contributed by atoms with van der Waals surface area (Å²) in [5.41, 5.74) is 14.1. The molecule has 1 spiro atoms. The van der Waals surface area contributed by atoms with Crippen molar-refractivity contribution in [2.45, 2.75) is 5.41 Å². The molecule has 0 radical (unpaired) electrons. The first kappa shape index (κ1) is 32.1. The van der Waals surface area contributed by atoms with Gasteiger partial charge in [-0.2, -0.15) is 0 Å². The van der Waals surface area contributed by atoms with Gasteiger partial charge in [-0.25, -0.2) is 9.97 Å². The number of thiophene rings is 1. The maximum atomic E-state index is 6.68. The number of benzene rings is 8. The second kappa shape index (κ2) is 12.4. The number of rotatable bonds is 4. The number of hydrogen-bond acceptors (Lipinski definition) is 4. The molecule has 3 nitrogen and oxygen atoms in total. The van der Waals surface area contributed by atoms with Crippen molar-refractivity contribution in [3.63, 3.8) is 0 Å². The van der Waals surface area contributed by atoms with Gasteiger partial charge in [0.05, 0.1) is 16.8 Å². The molecular weight excluding hydrogens is 713 g/mol. The number of para-hydroxylation sites is 1. The van der Waals surface area contributed by atoms with Crippen LogP contribution in [0.25, 0.3) is 76.3 Å². The van der Waals surface area contributed by atoms with E-state index in [-0.39, 0.29) is 0 Å². The van der Waals surface area contributed by atoms with Gasteiger partial charge in [0.2, 0.25) is 0 Å². The molecule has 0 unspecified atom stereocenters. The maximum Gasteiger partial charge on any atom is 0.160 e. The summed E-state index contributed by atoms with van der Waals surface area (Å²) in [4.78, 5) is 10.3. The Morgan fingerprint density at radius 1 is 0.368 bits per heavy atom. The van der Waals surface area contributed by atoms with Crippen LogP contribution in [-0.4, -0.2) is 9.97 Å². The van der Waals surface area contributed by atoms with E-state index < -0.39 is 5.41 Å². The van der Waals surface area contributed by atoms with Crippen LogP contribution < -0.4 is 4.74 Å². The SMILES string of the molecule is c1ccc(-c2nc(-c3ccc(-c4ccc5c(c4)C4(c6ccccc6O5)c5ccccc5-c5ccccc54)cc3)cc(-c3ccc4c(c3)sc3ccccc34)n2)cc1. The second-order valence-electron chi connectivity index (χ2n) is 14.9. The van der Waals surface area contributed by atoms with Crippen molar-refractivity contribution < 1.29 is 4.74 Å². The summed E-state index contributed by atoms with van der Waals surface area (Å²) < 4.78 is 9.23. The molecule has 12 rings (SSSR count). The summed E-state index contributed by atoms with van der Waals surface area (Å²) >= 11 is 1.82. The molecule has 0 saturated carbocycles. The van der Waals surface area contributed by atoms with E-state index in [1.54, 1.807) is 0 Å². The molecule has 0 N–H and O–H groups in total. The van der Waals surface area contributed by atoms with Crippen LogP contribution in [-0.2, 0) is 5.41 Å². The van der Waals surface area contributed by atoms with Crippen LogP contribution in [0, 0.1) is 0 Å². The van der Waals surface area contributed by atoms with Crippen LogP contribution in [0.3, 0.4) is 0 Å². The van der Waals surface area contributed by atoms with Crippen LogP contribution in [0.4, 0.5) is 0 Å². The topological polar surface area (TPSA) is 35.0 Å². The molecule has 3 heterocycles. The highest BCUT2D eigenvalue weighted by molar-refractivity contribution is 7.25. The molecule has 4 heteroatoms. The van der Waals surface area contributed by atoms with Crippen molar-refractivity contribution in [2.75, 3.05) is 0 Å². The smallest absolute Gasteiger partial charge is 0.160 e. The molecule has 2 aliphatic rings. The average Bonchev–Trinajstić information content (AvgIpc) is 3.80. The first-order valence-corrected chi connectivity index (χ1v) is 20.1. The molecule has 2 aromatic heterocycles. The Balaban J connectivity index is 0.976. The van der Waals surface area contributed by atoms with Crippen LogP contribution in [0.5, 0.6) is 11.5 Å². The molecule has 266 valence electrons. The van der Waals surface area contributed by atoms with Crippen LogP contribution >= 0.6 is 11.3 Å². The standard InChI is InChI=1S/C53H32N2OS/c1-2-12-35(13-3-1)52-54-46(32-47(55-52)37-26-28-41-40-16-6-11-21-50(40)57-51(41)31-37)34-24-22-33(23-25-34)36-27-29-49-45(30-36)53(44-19-9-10-20-48(44)56-49)42-17-7-4-14-38(42)39-15-5-8-18-43(39)53/h1-32H. The lowest BCUT2D eigenvalue weighted by atomic mass is 9.66. The van der Waals surface area contributed by atoms with E-state index in [2.05, 4.69) is 176 Å². The minimum atomic E-state index is -0.503. The molecule has 0 amide bonds. The molecule has 1 aliphatic carbocycles. The van der Waals surface area contributed by atoms with Crippen LogP contribution in [0.2, 0.25) is 0 Å². The summed E-state index contributed by atoms with van der Waals surface area (Å²) in [6.45, 7) is 0. The number of ether oxygens (including phenoxy) is 1. The monoisotopic (exact) mass is 744 g/mol. The van der Waals surface area contributed by atoms with E-state index in [1.807, 2.05) is 29.5 Å². The van der Waals surface area contributed by atoms with E-state index in [1.165, 1.54) is 48.0 Å². The normalized spacial score (nSPS) is 13.2. The number of fused-ring (bicyclic) bond motifs is 12. The molecule has 10 aromatic rings. The van der Waals surface area contributed by atoms with Gasteiger partial charge in [-0.3, -0.25) is 0 Å². The Kier molecular flexibility index (Phi) is 7.01. The molecular formula is C53H32N2OS. The number of aromatic nitrogens is 2. The van der Waals surface area contributed by atoms with Crippen molar-refractivity contribution in [3.05, 3.63) is 216 Å². The Labute approximate surface area is 334 Å². The number of nitrogens with zero attached hydrogens (tertiary/aromatic N) is 2. The minimum Gasteiger partial charge on any atom is -0.457 e. The van der Waals surface area contributed by atoms with Crippen LogP contribution in [0.15, 0.2) is 194 Å². The molecule has 1 aliphatic heterocycles. The van der Waals surface area contributed by atoms with Crippen molar-refractivity contribution in [3.8, 4) is 67.7 Å². The largest absolute Gasteiger partial charge is 0.457 e. The highest BCUT2D eigenvalue weighted by atomic mass is 32.1. The Morgan fingerprint density at radius 2 is 0.947 bits per heavy atom. The summed E-state index contributed by atoms with van der Waals surface area (Å²) in [5.74, 6) is 2.49. The zero-order chi connectivity index (χ0) is 37.5. The highest BCUT2D eigenvalue weighted by Gasteiger charge is 2.51. The minimum absolute atomic E-state index is 0.503. The highest BCUT2D eigenvalue weighted by Crippen LogP contribution is 2.62. The van der Waals surface area contributed by atoms with E-state index in [0.717, 1.165) is 56.3 Å². The predicted molar refractivity (Wildman–Crippen MR) is 234 cm³/mol. The lowest BCUT2D eigenvalue weighted by Gasteiger charge is -2.39. The van der Waals surface area contributed by atoms with Gasteiger partial charge in [0.15, 0.2) is 5.82 Å². The maximum absolute atomic E-state index is 6.68. The Bertz CT molecular complexity index is 3170. The molecule has 0 saturated heterocycles. The molecule has 57 heavy (non-hydrogen) atoms. The first-order valence-electron chi connectivity index (χ1n) is 19.3. The average molecular weight is 745 g/mol. The third-order valence-corrected chi connectivity index (χ3v) is 12.9. The lowest BCUT2D eigenvalue weighted by molar-refractivity contribution is 0.436. The molecule has 0 atom stereocenters. The van der Waals surface area contributed by atoms with Gasteiger partial charge in [0.1, 0.15) is 11.5 Å². The second-order valence-corrected chi connectivity index (χ2v) is 15.9. The van der Waals surface area contributed by atoms with E-state index in [9.17, 15) is 0 Å². The zero-order valence-electron chi connectivity index (χ0n) is 30.7. The Morgan fingerprint density at radius 3 is 1.74 bits per heavy atom. The van der Waals surface area contributed by atoms with Crippen molar-refractivity contribution in [2.24, 2.45) is 0 Å². The van der Waals surface area contributed by atoms with Gasteiger partial charge in [-0.1, -0.05) is 158 Å². The summed E-state index contributed by atoms with van der Waals surface area (Å²) in [6.07, 6.45) is 0. The van der Waals surface area contributed by atoms with Gasteiger partial charge >= 0.3 is 0 Å². The third-order valence-electron chi connectivity index (χ3n) is 11.8. The Hall–Kier alpha value is -7.14. The quantitative estimate of drug-likeness (QED) is 0.180. The fourth-order valence-corrected chi connectivity index (χ4v) is 10.4. The first-order chi connectivity index (χ1) is 28.2. The van der Waals surface area contributed by atoms with E-state index in [4.69, 9.17) is 14.7 Å². The van der Waals surface area contributed by atoms with Crippen molar-refractivity contribution in [1.29, 1.82) is 0 Å². The molecule has 0 fully saturated rings. The van der Waals surface area contributed by atoms with Gasteiger partial charge < -0.3 is 4.74 Å². The number of hydrogen-bond donors (Lipinski definition) is 0. The van der Waals surface area contributed by atoms with Gasteiger partial charge in [-0.15, -0.1) is 11.3 Å². The van der Waals surface area contributed by atoms with Gasteiger partial charge in [0, 0.05) is 48.0 Å². The molecule has 8 aromatic carbocycles. The van der Waals surface area contributed by atoms with Gasteiger partial charge in [0.25, 0.3) is 0 Å². The van der Waals surface area contributed by atoms with E-state index >= 15 is 0 Å². The predicted octanol–water partition coefficient (Wildman–Crippen LogP) is 14.0. The van der Waals surface area contributed by atoms with Crippen molar-refractivity contribution >= 4 is 31.5 Å². The lowest BCUT2D eigenvalue weighted by Crippen LogP contribution is -2.32. The summed E-state index contributed by atoms with van der Waals surface area (Å²) in [6, 6.07) is 69.4. The fourth-order valence-electron chi connectivity index (χ4n) is 9.21. The van der Waals surface area contributed by atoms with E-state index in [0.29, 0.717) is 5.82 Å². The zero-order valence-corrected chi connectivity index (χ0v) is 31.5. The molecule has 0 bridgehead atoms. The summed E-state index contributed by atoms with van der Waals surface area (Å²) in [5, 5.41) is 2.57. The van der Waals surface area contributed by atoms with Gasteiger partial charge in [-0.05, 0) is 69.8 Å². The third kappa shape index (κ3) is 4.84. The fraction of sp³-hybridized carbons (Fsp3) is 0.0189. The van der Waals surface area contributed by atoms with Crippen LogP contribution in [0.1, 0.15) is 22.3 Å². The van der Waals surface area contributed by atoms with Crippen molar-refractivity contribution in [1.82, 2.24) is 9.97 Å². The summed E-state index contributed by atoms with van der Waals surface area (Å²) in [7, 11) is 0.